The summed E-state index contributed by atoms with van der Waals surface area (Å²) in [6.07, 6.45) is 4.02. The van der Waals surface area contributed by atoms with Crippen molar-refractivity contribution in [3.63, 3.8) is 0 Å². The molecule has 8 aromatic rings. The predicted octanol–water partition coefficient (Wildman–Crippen LogP) is 13.7. The van der Waals surface area contributed by atoms with Gasteiger partial charge in [0.1, 0.15) is 0 Å². The van der Waals surface area contributed by atoms with Crippen LogP contribution >= 0.6 is 22.7 Å². The maximum atomic E-state index is 5.13. The summed E-state index contributed by atoms with van der Waals surface area (Å²) in [6.45, 7) is 27.5. The van der Waals surface area contributed by atoms with Gasteiger partial charge in [0, 0.05) is 0 Å². The molecule has 5 heteroatoms. The molecule has 0 atom stereocenters. The second kappa shape index (κ2) is 14.9. The van der Waals surface area contributed by atoms with Crippen molar-refractivity contribution in [2.75, 3.05) is 0 Å². The zero-order chi connectivity index (χ0) is 40.6. The van der Waals surface area contributed by atoms with Crippen LogP contribution in [0.2, 0.25) is 0 Å². The van der Waals surface area contributed by atoms with Crippen LogP contribution in [0, 0.1) is 41.5 Å². The Morgan fingerprint density at radius 2 is 0.842 bits per heavy atom. The fourth-order valence-electron chi connectivity index (χ4n) is 8.12. The van der Waals surface area contributed by atoms with Gasteiger partial charge < -0.3 is 0 Å². The fourth-order valence-corrected chi connectivity index (χ4v) is 14.0. The van der Waals surface area contributed by atoms with Crippen LogP contribution < -0.4 is 7.22 Å². The van der Waals surface area contributed by atoms with Gasteiger partial charge in [-0.2, -0.15) is 0 Å². The van der Waals surface area contributed by atoms with Crippen molar-refractivity contribution in [1.82, 2.24) is 9.97 Å². The molecule has 2 nitrogen and oxygen atoms in total. The van der Waals surface area contributed by atoms with Crippen molar-refractivity contribution >= 4 is 71.0 Å². The van der Waals surface area contributed by atoms with Crippen LogP contribution in [0.25, 0.3) is 63.6 Å². The van der Waals surface area contributed by atoms with Gasteiger partial charge in [0.15, 0.2) is 0 Å². The molecule has 0 bridgehead atoms. The van der Waals surface area contributed by atoms with E-state index in [2.05, 4.69) is 168 Å². The Bertz CT molecular complexity index is 2620. The van der Waals surface area contributed by atoms with E-state index in [4.69, 9.17) is 9.97 Å². The molecule has 0 unspecified atom stereocenters. The van der Waals surface area contributed by atoms with Crippen LogP contribution in [0.3, 0.4) is 0 Å². The van der Waals surface area contributed by atoms with Crippen LogP contribution in [0.5, 0.6) is 0 Å². The third kappa shape index (κ3) is 7.42. The summed E-state index contributed by atoms with van der Waals surface area (Å²) in [6, 6.07) is 32.3. The molecule has 0 amide bonds. The van der Waals surface area contributed by atoms with Crippen LogP contribution in [0.1, 0.15) is 86.1 Å². The zero-order valence-electron chi connectivity index (χ0n) is 35.4. The molecule has 4 heterocycles. The summed E-state index contributed by atoms with van der Waals surface area (Å²) in [7, 11) is 0. The van der Waals surface area contributed by atoms with Crippen molar-refractivity contribution in [3.05, 3.63) is 142 Å². The number of thiophene rings is 2. The first kappa shape index (κ1) is 39.7. The number of aromatic nitrogens is 2. The van der Waals surface area contributed by atoms with Gasteiger partial charge in [-0.1, -0.05) is 0 Å². The number of aryl methyl sites for hydroxylation is 6. The minimum absolute atomic E-state index is 0.0113. The molecule has 0 aliphatic heterocycles. The maximum absolute atomic E-state index is 5.13. The van der Waals surface area contributed by atoms with E-state index in [0.29, 0.717) is 0 Å². The van der Waals surface area contributed by atoms with Crippen LogP contribution in [-0.2, 0) is 10.8 Å². The first-order chi connectivity index (χ1) is 27.0. The Kier molecular flexibility index (Phi) is 10.4. The molecule has 4 aromatic heterocycles. The molecule has 0 N–H and O–H groups in total. The van der Waals surface area contributed by atoms with Gasteiger partial charge in [0.25, 0.3) is 0 Å². The molecular weight excluding hydrogens is 844 g/mol. The summed E-state index contributed by atoms with van der Waals surface area (Å²) in [4.78, 5) is 13.0. The van der Waals surface area contributed by atoms with Gasteiger partial charge in [-0.15, -0.1) is 0 Å². The summed E-state index contributed by atoms with van der Waals surface area (Å²) < 4.78 is 5.40. The molecule has 0 aliphatic rings. The SMILES string of the molecule is Cc1cccc(C)c1-c1sc2c(-c3cc([Te]c4cc(-c5nccc6c(C)c(-c7c(C)cccc7C)sc56)cc(C(C)(C)C)c4)cc(C(C)(C)C)c3)nccc2c1C. The molecule has 288 valence electrons. The zero-order valence-corrected chi connectivity index (χ0v) is 39.3. The van der Waals surface area contributed by atoms with Crippen molar-refractivity contribution in [2.24, 2.45) is 0 Å². The number of hydrogen-bond acceptors (Lipinski definition) is 4. The van der Waals surface area contributed by atoms with Gasteiger partial charge in [-0.05, 0) is 0 Å². The second-order valence-electron chi connectivity index (χ2n) is 17.8. The monoisotopic (exact) mass is 898 g/mol. The summed E-state index contributed by atoms with van der Waals surface area (Å²) in [5.74, 6) is 0. The van der Waals surface area contributed by atoms with Crippen LogP contribution in [0.15, 0.2) is 97.3 Å². The Morgan fingerprint density at radius 1 is 0.474 bits per heavy atom. The summed E-state index contributed by atoms with van der Waals surface area (Å²) >= 11 is 3.00. The topological polar surface area (TPSA) is 25.8 Å². The number of pyridine rings is 2. The molecule has 0 spiro atoms. The van der Waals surface area contributed by atoms with Gasteiger partial charge >= 0.3 is 360 Å². The standard InChI is InChI=1S/C52H52N2S2Te/c1-29-15-13-16-30(2)43(29)47-33(5)41-19-21-53-45(49(41)55-47)35-23-37(51(7,8)9)27-39(25-35)57-40-26-36(24-38(28-40)52(10,11)12)46-50-42(20-22-54-46)34(6)48(56-50)44-31(3)17-14-18-32(44)4/h13-28H,1-12H3. The number of hydrogen-bond donors (Lipinski definition) is 0. The van der Waals surface area contributed by atoms with E-state index >= 15 is 0 Å². The van der Waals surface area contributed by atoms with Crippen molar-refractivity contribution in [2.45, 2.75) is 93.9 Å². The molecule has 0 saturated carbocycles. The molecule has 0 aliphatic carbocycles. The predicted molar refractivity (Wildman–Crippen MR) is 252 cm³/mol. The Morgan fingerprint density at radius 3 is 1.19 bits per heavy atom. The normalized spacial score (nSPS) is 12.3. The van der Waals surface area contributed by atoms with Crippen molar-refractivity contribution < 1.29 is 0 Å². The van der Waals surface area contributed by atoms with Crippen LogP contribution in [0.4, 0.5) is 0 Å². The Balaban J connectivity index is 1.27. The average molecular weight is 897 g/mol. The van der Waals surface area contributed by atoms with Gasteiger partial charge in [0.2, 0.25) is 0 Å². The first-order valence-corrected chi connectivity index (χ1v) is 23.8. The molecule has 57 heavy (non-hydrogen) atoms. The van der Waals surface area contributed by atoms with Crippen LogP contribution in [-0.4, -0.2) is 30.9 Å². The Hall–Kier alpha value is -4.11. The third-order valence-electron chi connectivity index (χ3n) is 11.5. The summed E-state index contributed by atoms with van der Waals surface area (Å²) in [5, 5.41) is 2.60. The molecule has 4 aromatic carbocycles. The molecular formula is C52H52N2S2Te. The van der Waals surface area contributed by atoms with Gasteiger partial charge in [0.05, 0.1) is 0 Å². The molecule has 0 saturated heterocycles. The average Bonchev–Trinajstić information content (AvgIpc) is 3.66. The van der Waals surface area contributed by atoms with Crippen molar-refractivity contribution in [3.8, 4) is 43.4 Å². The number of benzene rings is 4. The third-order valence-corrected chi connectivity index (χ3v) is 16.8. The molecule has 0 fully saturated rings. The van der Waals surface area contributed by atoms with E-state index in [1.807, 2.05) is 35.1 Å². The first-order valence-electron chi connectivity index (χ1n) is 19.9. The minimum atomic E-state index is -0.797. The summed E-state index contributed by atoms with van der Waals surface area (Å²) in [5.41, 5.74) is 18.0. The fraction of sp³-hybridized carbons (Fsp3) is 0.269. The molecule has 8 rings (SSSR count). The van der Waals surface area contributed by atoms with E-state index in [0.717, 1.165) is 11.4 Å². The molecule has 0 radical (unpaired) electrons. The Labute approximate surface area is 357 Å². The van der Waals surface area contributed by atoms with E-state index in [9.17, 15) is 0 Å². The number of rotatable bonds is 6. The quantitative estimate of drug-likeness (QED) is 0.155. The van der Waals surface area contributed by atoms with Gasteiger partial charge in [-0.3, -0.25) is 0 Å². The second-order valence-corrected chi connectivity index (χ2v) is 23.1. The number of fused-ring (bicyclic) bond motifs is 2. The van der Waals surface area contributed by atoms with Gasteiger partial charge in [-0.25, -0.2) is 0 Å². The van der Waals surface area contributed by atoms with E-state index in [-0.39, 0.29) is 10.8 Å². The van der Waals surface area contributed by atoms with Crippen molar-refractivity contribution in [1.29, 1.82) is 0 Å². The van der Waals surface area contributed by atoms with E-state index in [1.54, 1.807) is 0 Å². The van der Waals surface area contributed by atoms with E-state index < -0.39 is 20.9 Å². The number of nitrogens with zero attached hydrogens (tertiary/aromatic N) is 2. The van der Waals surface area contributed by atoms with E-state index in [1.165, 1.54) is 104 Å².